The van der Waals surface area contributed by atoms with Crippen molar-refractivity contribution in [3.05, 3.63) is 85.4 Å². The summed E-state index contributed by atoms with van der Waals surface area (Å²) in [6.07, 6.45) is 13.3. The molecule has 2 aliphatic heterocycles. The van der Waals surface area contributed by atoms with Crippen LogP contribution in [-0.2, 0) is 10.5 Å². The lowest BCUT2D eigenvalue weighted by Crippen LogP contribution is -2.53. The van der Waals surface area contributed by atoms with Crippen molar-refractivity contribution in [3.63, 3.8) is 0 Å². The highest BCUT2D eigenvalue weighted by molar-refractivity contribution is 5.90. The highest BCUT2D eigenvalue weighted by Crippen LogP contribution is 2.29. The first-order chi connectivity index (χ1) is 16.6. The molecule has 9 nitrogen and oxygen atoms in total. The number of pyridine rings is 1. The van der Waals surface area contributed by atoms with E-state index >= 15 is 0 Å². The molecule has 3 aromatic rings. The summed E-state index contributed by atoms with van der Waals surface area (Å²) in [5.41, 5.74) is 1.31. The van der Waals surface area contributed by atoms with Gasteiger partial charge in [0.1, 0.15) is 5.82 Å². The Hall–Kier alpha value is -4.24. The molecule has 0 saturated carbocycles. The zero-order chi connectivity index (χ0) is 23.4. The first-order valence-electron chi connectivity index (χ1n) is 11.2. The minimum Gasteiger partial charge on any atom is -0.366 e. The number of hydrogen-bond acceptors (Lipinski definition) is 8. The minimum atomic E-state index is -0.963. The van der Waals surface area contributed by atoms with Gasteiger partial charge in [0.15, 0.2) is 5.66 Å². The minimum absolute atomic E-state index is 0.301. The van der Waals surface area contributed by atoms with E-state index in [1.807, 2.05) is 48.6 Å². The van der Waals surface area contributed by atoms with E-state index in [0.29, 0.717) is 17.5 Å². The summed E-state index contributed by atoms with van der Waals surface area (Å²) in [4.78, 5) is 26.0. The summed E-state index contributed by atoms with van der Waals surface area (Å²) in [5.74, 6) is 0.970. The molecule has 1 aromatic carbocycles. The van der Waals surface area contributed by atoms with Crippen molar-refractivity contribution < 1.29 is 4.79 Å². The maximum atomic E-state index is 12.3. The number of allylic oxidation sites excluding steroid dienone is 2. The van der Waals surface area contributed by atoms with Gasteiger partial charge < -0.3 is 26.6 Å². The SMILES string of the molecule is C=CC(=O)NC1(c2cccc3cnc(Nc4ccc(NC5CCNC5)nc4)nc23)C=CC=CN1. The monoisotopic (exact) mass is 454 g/mol. The lowest BCUT2D eigenvalue weighted by atomic mass is 9.94. The van der Waals surface area contributed by atoms with Crippen LogP contribution in [0.15, 0.2) is 79.8 Å². The Kier molecular flexibility index (Phi) is 5.92. The molecule has 34 heavy (non-hydrogen) atoms. The van der Waals surface area contributed by atoms with Gasteiger partial charge in [0.05, 0.1) is 17.4 Å². The summed E-state index contributed by atoms with van der Waals surface area (Å²) in [5, 5.41) is 17.1. The van der Waals surface area contributed by atoms with Crippen LogP contribution in [0.4, 0.5) is 17.5 Å². The van der Waals surface area contributed by atoms with Crippen molar-refractivity contribution in [3.8, 4) is 0 Å². The van der Waals surface area contributed by atoms with Crippen LogP contribution in [0.5, 0.6) is 0 Å². The smallest absolute Gasteiger partial charge is 0.245 e. The summed E-state index contributed by atoms with van der Waals surface area (Å²) in [6, 6.07) is 10.1. The third kappa shape index (κ3) is 4.46. The summed E-state index contributed by atoms with van der Waals surface area (Å²) in [6.45, 7) is 5.55. The first kappa shape index (κ1) is 21.6. The molecule has 0 aliphatic carbocycles. The van der Waals surface area contributed by atoms with Crippen LogP contribution in [0.3, 0.4) is 0 Å². The number of dihydropyridines is 1. The van der Waals surface area contributed by atoms with Gasteiger partial charge in [0.25, 0.3) is 0 Å². The Morgan fingerprint density at radius 3 is 2.85 bits per heavy atom. The molecule has 0 spiro atoms. The average Bonchev–Trinajstić information content (AvgIpc) is 3.38. The van der Waals surface area contributed by atoms with E-state index < -0.39 is 5.66 Å². The Morgan fingerprint density at radius 2 is 2.12 bits per heavy atom. The van der Waals surface area contributed by atoms with Gasteiger partial charge >= 0.3 is 0 Å². The number of nitrogens with zero attached hydrogens (tertiary/aromatic N) is 3. The van der Waals surface area contributed by atoms with Crippen LogP contribution in [-0.4, -0.2) is 40.0 Å². The summed E-state index contributed by atoms with van der Waals surface area (Å²) >= 11 is 0. The lowest BCUT2D eigenvalue weighted by Gasteiger charge is -2.34. The van der Waals surface area contributed by atoms with Gasteiger partial charge in [-0.3, -0.25) is 4.79 Å². The third-order valence-corrected chi connectivity index (χ3v) is 5.84. The molecule has 9 heteroatoms. The predicted octanol–water partition coefficient (Wildman–Crippen LogP) is 2.67. The zero-order valence-electron chi connectivity index (χ0n) is 18.6. The van der Waals surface area contributed by atoms with Gasteiger partial charge in [0.2, 0.25) is 11.9 Å². The van der Waals surface area contributed by atoms with Crippen molar-refractivity contribution in [1.29, 1.82) is 0 Å². The molecule has 5 rings (SSSR count). The van der Waals surface area contributed by atoms with Crippen LogP contribution in [0, 0.1) is 0 Å². The first-order valence-corrected chi connectivity index (χ1v) is 11.2. The largest absolute Gasteiger partial charge is 0.366 e. The number of hydrogen-bond donors (Lipinski definition) is 5. The fourth-order valence-corrected chi connectivity index (χ4v) is 4.14. The van der Waals surface area contributed by atoms with E-state index in [-0.39, 0.29) is 5.91 Å². The molecule has 172 valence electrons. The molecule has 1 amide bonds. The highest BCUT2D eigenvalue weighted by Gasteiger charge is 2.33. The average molecular weight is 455 g/mol. The Morgan fingerprint density at radius 1 is 1.18 bits per heavy atom. The molecule has 5 N–H and O–H groups in total. The van der Waals surface area contributed by atoms with Crippen molar-refractivity contribution in [2.24, 2.45) is 0 Å². The Bertz CT molecular complexity index is 1260. The number of benzene rings is 1. The summed E-state index contributed by atoms with van der Waals surface area (Å²) in [7, 11) is 0. The molecule has 4 heterocycles. The zero-order valence-corrected chi connectivity index (χ0v) is 18.6. The van der Waals surface area contributed by atoms with Gasteiger partial charge in [-0.25, -0.2) is 15.0 Å². The standard InChI is InChI=1S/C25H26N8O/c1-2-22(34)33-25(11-3-4-12-29-25)20-7-5-6-17-14-28-24(32-23(17)20)31-18-8-9-21(27-16-18)30-19-10-13-26-15-19/h2-9,11-12,14,16,19,26,29H,1,10,13,15H2,(H,27,30)(H,33,34)(H,28,31,32). The maximum Gasteiger partial charge on any atom is 0.245 e. The van der Waals surface area contributed by atoms with Crippen molar-refractivity contribution >= 4 is 34.3 Å². The number of aromatic nitrogens is 3. The normalized spacial score (nSPS) is 21.1. The number of rotatable bonds is 7. The fraction of sp³-hybridized carbons (Fsp3) is 0.200. The van der Waals surface area contributed by atoms with E-state index in [4.69, 9.17) is 4.98 Å². The Labute approximate surface area is 197 Å². The van der Waals surface area contributed by atoms with E-state index in [2.05, 4.69) is 43.1 Å². The number of para-hydroxylation sites is 1. The number of carbonyl (C=O) groups is 1. The number of fused-ring (bicyclic) bond motifs is 1. The second-order valence-corrected chi connectivity index (χ2v) is 8.19. The van der Waals surface area contributed by atoms with Crippen LogP contribution in [0.25, 0.3) is 10.9 Å². The second kappa shape index (κ2) is 9.32. The molecule has 2 aliphatic rings. The van der Waals surface area contributed by atoms with E-state index in [1.165, 1.54) is 6.08 Å². The van der Waals surface area contributed by atoms with E-state index in [1.54, 1.807) is 18.6 Å². The van der Waals surface area contributed by atoms with Gasteiger partial charge in [0, 0.05) is 29.7 Å². The van der Waals surface area contributed by atoms with Crippen molar-refractivity contribution in [2.45, 2.75) is 18.1 Å². The van der Waals surface area contributed by atoms with Gasteiger partial charge in [-0.05, 0) is 49.5 Å². The van der Waals surface area contributed by atoms with Crippen LogP contribution in [0.1, 0.15) is 12.0 Å². The topological polar surface area (TPSA) is 116 Å². The molecule has 2 aromatic heterocycles. The van der Waals surface area contributed by atoms with Crippen molar-refractivity contribution in [1.82, 2.24) is 30.9 Å². The van der Waals surface area contributed by atoms with Gasteiger partial charge in [-0.1, -0.05) is 30.9 Å². The third-order valence-electron chi connectivity index (χ3n) is 5.84. The van der Waals surface area contributed by atoms with Crippen molar-refractivity contribution in [2.75, 3.05) is 23.7 Å². The number of carbonyl (C=O) groups excluding carboxylic acids is 1. The van der Waals surface area contributed by atoms with Crippen LogP contribution in [0.2, 0.25) is 0 Å². The number of anilines is 3. The molecule has 0 radical (unpaired) electrons. The number of nitrogens with one attached hydrogen (secondary N) is 5. The predicted molar refractivity (Wildman–Crippen MR) is 133 cm³/mol. The lowest BCUT2D eigenvalue weighted by molar-refractivity contribution is -0.118. The van der Waals surface area contributed by atoms with E-state index in [0.717, 1.165) is 42.0 Å². The van der Waals surface area contributed by atoms with Gasteiger partial charge in [-0.15, -0.1) is 0 Å². The Balaban J connectivity index is 1.43. The van der Waals surface area contributed by atoms with Crippen LogP contribution >= 0.6 is 0 Å². The maximum absolute atomic E-state index is 12.3. The molecule has 1 fully saturated rings. The quantitative estimate of drug-likeness (QED) is 0.346. The molecule has 0 bridgehead atoms. The molecule has 1 saturated heterocycles. The van der Waals surface area contributed by atoms with Gasteiger partial charge in [-0.2, -0.15) is 0 Å². The highest BCUT2D eigenvalue weighted by atomic mass is 16.1. The molecule has 2 unspecified atom stereocenters. The number of amides is 1. The summed E-state index contributed by atoms with van der Waals surface area (Å²) < 4.78 is 0. The van der Waals surface area contributed by atoms with E-state index in [9.17, 15) is 4.79 Å². The molecule has 2 atom stereocenters. The molecular weight excluding hydrogens is 428 g/mol. The second-order valence-electron chi connectivity index (χ2n) is 8.19. The fourth-order valence-electron chi connectivity index (χ4n) is 4.14. The molecular formula is C25H26N8O. The van der Waals surface area contributed by atoms with Crippen LogP contribution < -0.4 is 26.6 Å².